The van der Waals surface area contributed by atoms with Crippen LogP contribution in [0.3, 0.4) is 0 Å². The van der Waals surface area contributed by atoms with Crippen LogP contribution < -0.4 is 5.32 Å². The van der Waals surface area contributed by atoms with Crippen molar-refractivity contribution < 1.29 is 4.74 Å². The minimum atomic E-state index is 0.611. The summed E-state index contributed by atoms with van der Waals surface area (Å²) in [5, 5.41) is 3.40. The van der Waals surface area contributed by atoms with Crippen molar-refractivity contribution in [3.8, 4) is 0 Å². The van der Waals surface area contributed by atoms with Crippen molar-refractivity contribution in [1.82, 2.24) is 5.32 Å². The molecule has 0 saturated carbocycles. The largest absolute Gasteiger partial charge is 0.377 e. The standard InChI is InChI=1S/C7H13NO/c1-2-7-6(5-9-7)4-8-3-1/h6-8H,1-5H2. The van der Waals surface area contributed by atoms with Gasteiger partial charge in [0, 0.05) is 12.5 Å². The lowest BCUT2D eigenvalue weighted by Crippen LogP contribution is -2.43. The van der Waals surface area contributed by atoms with Crippen molar-refractivity contribution in [2.24, 2.45) is 5.92 Å². The Morgan fingerprint density at radius 3 is 3.22 bits per heavy atom. The summed E-state index contributed by atoms with van der Waals surface area (Å²) in [4.78, 5) is 0. The lowest BCUT2D eigenvalue weighted by molar-refractivity contribution is -0.111. The van der Waals surface area contributed by atoms with Gasteiger partial charge in [0.1, 0.15) is 0 Å². The highest BCUT2D eigenvalue weighted by atomic mass is 16.5. The Morgan fingerprint density at radius 2 is 2.44 bits per heavy atom. The van der Waals surface area contributed by atoms with Crippen LogP contribution in [-0.4, -0.2) is 25.8 Å². The molecule has 2 heterocycles. The molecule has 0 radical (unpaired) electrons. The third-order valence-electron chi connectivity index (χ3n) is 2.30. The Bertz CT molecular complexity index is 93.1. The molecule has 2 atom stereocenters. The van der Waals surface area contributed by atoms with Gasteiger partial charge in [-0.1, -0.05) is 0 Å². The van der Waals surface area contributed by atoms with Gasteiger partial charge in [0.2, 0.25) is 0 Å². The Kier molecular flexibility index (Phi) is 1.44. The molecule has 2 aliphatic rings. The van der Waals surface area contributed by atoms with Gasteiger partial charge in [0.05, 0.1) is 12.7 Å². The van der Waals surface area contributed by atoms with Crippen molar-refractivity contribution in [3.63, 3.8) is 0 Å². The second-order valence-electron chi connectivity index (χ2n) is 2.98. The van der Waals surface area contributed by atoms with Crippen LogP contribution in [0.5, 0.6) is 0 Å². The zero-order chi connectivity index (χ0) is 6.10. The third kappa shape index (κ3) is 0.970. The van der Waals surface area contributed by atoms with E-state index >= 15 is 0 Å². The van der Waals surface area contributed by atoms with Gasteiger partial charge in [-0.2, -0.15) is 0 Å². The second kappa shape index (κ2) is 2.27. The molecule has 2 rings (SSSR count). The highest BCUT2D eigenvalue weighted by molar-refractivity contribution is 4.82. The number of ether oxygens (including phenoxy) is 1. The number of fused-ring (bicyclic) bond motifs is 1. The van der Waals surface area contributed by atoms with Crippen LogP contribution in [0.2, 0.25) is 0 Å². The summed E-state index contributed by atoms with van der Waals surface area (Å²) < 4.78 is 5.37. The zero-order valence-electron chi connectivity index (χ0n) is 5.60. The van der Waals surface area contributed by atoms with Gasteiger partial charge < -0.3 is 10.1 Å². The van der Waals surface area contributed by atoms with Crippen LogP contribution in [0, 0.1) is 5.92 Å². The minimum Gasteiger partial charge on any atom is -0.377 e. The number of hydrogen-bond donors (Lipinski definition) is 1. The predicted octanol–water partition coefficient (Wildman–Crippen LogP) is 0.385. The van der Waals surface area contributed by atoms with Gasteiger partial charge >= 0.3 is 0 Å². The summed E-state index contributed by atoms with van der Waals surface area (Å²) in [6.45, 7) is 3.37. The molecule has 2 aliphatic heterocycles. The maximum absolute atomic E-state index is 5.37. The molecule has 0 aliphatic carbocycles. The Hall–Kier alpha value is -0.0800. The van der Waals surface area contributed by atoms with Crippen molar-refractivity contribution in [1.29, 1.82) is 0 Å². The van der Waals surface area contributed by atoms with E-state index < -0.39 is 0 Å². The van der Waals surface area contributed by atoms with Crippen LogP contribution in [0.4, 0.5) is 0 Å². The topological polar surface area (TPSA) is 21.3 Å². The lowest BCUT2D eigenvalue weighted by Gasteiger charge is -2.35. The number of nitrogens with one attached hydrogen (secondary N) is 1. The van der Waals surface area contributed by atoms with Gasteiger partial charge in [-0.25, -0.2) is 0 Å². The summed E-state index contributed by atoms with van der Waals surface area (Å²) in [6, 6.07) is 0. The molecular formula is C7H13NO. The van der Waals surface area contributed by atoms with Gasteiger partial charge in [-0.15, -0.1) is 0 Å². The van der Waals surface area contributed by atoms with Crippen molar-refractivity contribution in [3.05, 3.63) is 0 Å². The molecule has 1 N–H and O–H groups in total. The molecule has 2 nitrogen and oxygen atoms in total. The van der Waals surface area contributed by atoms with Crippen molar-refractivity contribution >= 4 is 0 Å². The molecular weight excluding hydrogens is 114 g/mol. The van der Waals surface area contributed by atoms with Gasteiger partial charge in [-0.05, 0) is 19.4 Å². The summed E-state index contributed by atoms with van der Waals surface area (Å²) in [5.41, 5.74) is 0. The maximum Gasteiger partial charge on any atom is 0.0638 e. The average molecular weight is 127 g/mol. The molecule has 2 fully saturated rings. The predicted molar refractivity (Wildman–Crippen MR) is 35.3 cm³/mol. The Morgan fingerprint density at radius 1 is 1.44 bits per heavy atom. The van der Waals surface area contributed by atoms with Crippen molar-refractivity contribution in [2.45, 2.75) is 18.9 Å². The number of hydrogen-bond acceptors (Lipinski definition) is 2. The van der Waals surface area contributed by atoms with E-state index in [4.69, 9.17) is 4.74 Å². The van der Waals surface area contributed by atoms with Gasteiger partial charge in [-0.3, -0.25) is 0 Å². The lowest BCUT2D eigenvalue weighted by atomic mass is 9.96. The second-order valence-corrected chi connectivity index (χ2v) is 2.98. The van der Waals surface area contributed by atoms with Crippen LogP contribution in [0.1, 0.15) is 12.8 Å². The summed E-state index contributed by atoms with van der Waals surface area (Å²) in [7, 11) is 0. The first-order valence-corrected chi connectivity index (χ1v) is 3.79. The molecule has 0 amide bonds. The van der Waals surface area contributed by atoms with Gasteiger partial charge in [0.15, 0.2) is 0 Å². The smallest absolute Gasteiger partial charge is 0.0638 e. The molecule has 2 unspecified atom stereocenters. The minimum absolute atomic E-state index is 0.611. The summed E-state index contributed by atoms with van der Waals surface area (Å²) >= 11 is 0. The summed E-state index contributed by atoms with van der Waals surface area (Å²) in [5.74, 6) is 0.840. The molecule has 0 aromatic heterocycles. The highest BCUT2D eigenvalue weighted by Gasteiger charge is 2.32. The molecule has 0 bridgehead atoms. The first-order valence-electron chi connectivity index (χ1n) is 3.79. The van der Waals surface area contributed by atoms with Crippen molar-refractivity contribution in [2.75, 3.05) is 19.7 Å². The molecule has 0 aromatic rings. The first kappa shape index (κ1) is 5.69. The fraction of sp³-hybridized carbons (Fsp3) is 1.00. The molecule has 0 aromatic carbocycles. The van der Waals surface area contributed by atoms with E-state index in [2.05, 4.69) is 5.32 Å². The average Bonchev–Trinajstić information content (AvgIpc) is 1.94. The van der Waals surface area contributed by atoms with E-state index in [1.54, 1.807) is 0 Å². The summed E-state index contributed by atoms with van der Waals surface area (Å²) in [6.07, 6.45) is 3.18. The molecule has 0 spiro atoms. The molecule has 2 saturated heterocycles. The fourth-order valence-corrected chi connectivity index (χ4v) is 1.59. The van der Waals surface area contributed by atoms with Gasteiger partial charge in [0.25, 0.3) is 0 Å². The van der Waals surface area contributed by atoms with E-state index in [0.717, 1.165) is 12.5 Å². The van der Waals surface area contributed by atoms with E-state index in [1.165, 1.54) is 25.9 Å². The molecule has 9 heavy (non-hydrogen) atoms. The maximum atomic E-state index is 5.37. The highest BCUT2D eigenvalue weighted by Crippen LogP contribution is 2.25. The van der Waals surface area contributed by atoms with E-state index in [9.17, 15) is 0 Å². The normalized spacial score (nSPS) is 42.7. The number of rotatable bonds is 0. The van der Waals surface area contributed by atoms with E-state index in [-0.39, 0.29) is 0 Å². The molecule has 2 heteroatoms. The quantitative estimate of drug-likeness (QED) is 0.508. The monoisotopic (exact) mass is 127 g/mol. The first-order chi connectivity index (χ1) is 4.47. The Labute approximate surface area is 55.6 Å². The molecule has 52 valence electrons. The van der Waals surface area contributed by atoms with E-state index in [1.807, 2.05) is 0 Å². The Balaban J connectivity index is 1.90. The zero-order valence-corrected chi connectivity index (χ0v) is 5.60. The van der Waals surface area contributed by atoms with Crippen LogP contribution in [-0.2, 0) is 4.74 Å². The van der Waals surface area contributed by atoms with Crippen LogP contribution in [0.15, 0.2) is 0 Å². The fourth-order valence-electron chi connectivity index (χ4n) is 1.59. The third-order valence-corrected chi connectivity index (χ3v) is 2.30. The van der Waals surface area contributed by atoms with E-state index in [0.29, 0.717) is 6.10 Å². The van der Waals surface area contributed by atoms with Crippen LogP contribution in [0.25, 0.3) is 0 Å². The SMILES string of the molecule is C1CNCC2COC2C1. The van der Waals surface area contributed by atoms with Crippen LogP contribution >= 0.6 is 0 Å².